The number of rotatable bonds is 5. The van der Waals surface area contributed by atoms with Crippen molar-refractivity contribution in [2.75, 3.05) is 0 Å². The molecule has 0 aliphatic rings. The van der Waals surface area contributed by atoms with E-state index in [0.29, 0.717) is 17.5 Å². The van der Waals surface area contributed by atoms with Crippen LogP contribution in [0, 0.1) is 0 Å². The summed E-state index contributed by atoms with van der Waals surface area (Å²) in [6.07, 6.45) is 0. The van der Waals surface area contributed by atoms with Crippen molar-refractivity contribution < 1.29 is 0 Å². The van der Waals surface area contributed by atoms with Gasteiger partial charge in [-0.25, -0.2) is 15.0 Å². The van der Waals surface area contributed by atoms with Gasteiger partial charge in [-0.1, -0.05) is 136 Å². The molecule has 0 spiro atoms. The molecule has 0 fully saturated rings. The van der Waals surface area contributed by atoms with Crippen LogP contribution < -0.4 is 43.7 Å². The van der Waals surface area contributed by atoms with Crippen molar-refractivity contribution in [2.24, 2.45) is 0 Å². The van der Waals surface area contributed by atoms with E-state index in [1.54, 1.807) is 0 Å². The Morgan fingerprint density at radius 2 is 0.686 bits per heavy atom. The van der Waals surface area contributed by atoms with Gasteiger partial charge >= 0.3 is 0 Å². The summed E-state index contributed by atoms with van der Waals surface area (Å²) in [6, 6.07) is 37.8. The topological polar surface area (TPSA) is 43.6 Å². The van der Waals surface area contributed by atoms with E-state index in [9.17, 15) is 0 Å². The minimum atomic E-state index is 0.652. The molecule has 0 saturated heterocycles. The Labute approximate surface area is 306 Å². The first-order chi connectivity index (χ1) is 24.7. The Balaban J connectivity index is 1.33. The van der Waals surface area contributed by atoms with E-state index in [1.165, 1.54) is 76.8 Å². The quantitative estimate of drug-likeness (QED) is 0.178. The second-order valence-electron chi connectivity index (χ2n) is 13.9. The summed E-state index contributed by atoms with van der Waals surface area (Å²) in [6.45, 7) is 0. The van der Waals surface area contributed by atoms with Crippen molar-refractivity contribution in [2.45, 2.75) is 0 Å². The van der Waals surface area contributed by atoms with E-state index in [-0.39, 0.29) is 0 Å². The monoisotopic (exact) mass is 646 g/mol. The molecule has 0 atom stereocenters. The molecule has 6 aromatic carbocycles. The van der Waals surface area contributed by atoms with Gasteiger partial charge in [0.25, 0.3) is 0 Å². The lowest BCUT2D eigenvalue weighted by Gasteiger charge is -2.19. The van der Waals surface area contributed by atoms with Crippen LogP contribution >= 0.6 is 0 Å². The van der Waals surface area contributed by atoms with Gasteiger partial charge in [-0.15, -0.1) is 10.9 Å². The van der Waals surface area contributed by atoms with E-state index in [4.69, 9.17) is 15.0 Å². The molecule has 12 heteroatoms. The zero-order chi connectivity index (χ0) is 35.6. The number of nitrogens with zero attached hydrogens (tertiary/aromatic N) is 4. The summed E-state index contributed by atoms with van der Waals surface area (Å²) in [7, 11) is 18.3. The first kappa shape index (κ1) is 32.8. The molecule has 4 nitrogen and oxygen atoms in total. The Kier molecular flexibility index (Phi) is 8.21. The molecule has 0 aliphatic carbocycles. The van der Waals surface area contributed by atoms with E-state index < -0.39 is 0 Å². The summed E-state index contributed by atoms with van der Waals surface area (Å²) in [5, 5.41) is 2.75. The van der Waals surface area contributed by atoms with Gasteiger partial charge in [0, 0.05) is 33.3 Å². The van der Waals surface area contributed by atoms with Crippen molar-refractivity contribution in [1.29, 1.82) is 0 Å². The highest BCUT2D eigenvalue weighted by atomic mass is 15.0. The van der Waals surface area contributed by atoms with Crippen LogP contribution in [-0.2, 0) is 0 Å². The van der Waals surface area contributed by atoms with Crippen molar-refractivity contribution in [3.05, 3.63) is 109 Å². The zero-order valence-electron chi connectivity index (χ0n) is 30.7. The molecular weight excluding hydrogens is 611 g/mol. The molecule has 2 aromatic heterocycles. The molecule has 51 heavy (non-hydrogen) atoms. The lowest BCUT2D eigenvalue weighted by molar-refractivity contribution is 1.07. The van der Waals surface area contributed by atoms with Gasteiger partial charge in [0.05, 0.1) is 5.69 Å². The standard InChI is InChI=1S/C39H34B8N4/c40-27-25-26-28(41)30(43)32(45)34(47)36(26)51(35(25)33(46)31(44)29(27)42)24-14-8-7-13-23(24)19-15-17-22(18-16-19)39-49-37(20-9-3-1-4-10-20)48-38(50-39)21-11-5-2-6-12-21/h1-18H,40-47H2. The van der Waals surface area contributed by atoms with Gasteiger partial charge in [0.15, 0.2) is 17.5 Å². The molecule has 0 saturated carbocycles. The smallest absolute Gasteiger partial charge is 0.164 e. The van der Waals surface area contributed by atoms with E-state index >= 15 is 0 Å². The molecule has 8 aromatic rings. The summed E-state index contributed by atoms with van der Waals surface area (Å²) in [5.74, 6) is 1.97. The highest BCUT2D eigenvalue weighted by Crippen LogP contribution is 2.34. The lowest BCUT2D eigenvalue weighted by Crippen LogP contribution is -2.49. The predicted octanol–water partition coefficient (Wildman–Crippen LogP) is -4.30. The van der Waals surface area contributed by atoms with Gasteiger partial charge < -0.3 is 4.57 Å². The SMILES string of the molecule is Bc1c(B)c(B)c2c(c1B)c1c(B)c(B)c(B)c(B)c1n2-c1ccccc1-c1ccc(-c2nc(-c3ccccc3)nc(-c3ccccc3)n2)cc1. The highest BCUT2D eigenvalue weighted by Gasteiger charge is 2.24. The van der Waals surface area contributed by atoms with Gasteiger partial charge in [-0.2, -0.15) is 0 Å². The number of hydrogen-bond donors (Lipinski definition) is 0. The lowest BCUT2D eigenvalue weighted by atomic mass is 9.63. The average molecular weight is 645 g/mol. The van der Waals surface area contributed by atoms with Crippen LogP contribution in [0.1, 0.15) is 0 Å². The van der Waals surface area contributed by atoms with Gasteiger partial charge in [0.1, 0.15) is 62.8 Å². The van der Waals surface area contributed by atoms with Gasteiger partial charge in [0.2, 0.25) is 0 Å². The summed E-state index contributed by atoms with van der Waals surface area (Å²) >= 11 is 0. The maximum absolute atomic E-state index is 4.97. The molecule has 8 rings (SSSR count). The number of hydrogen-bond acceptors (Lipinski definition) is 3. The van der Waals surface area contributed by atoms with Gasteiger partial charge in [-0.05, 0) is 22.4 Å². The maximum Gasteiger partial charge on any atom is 0.164 e. The fourth-order valence-corrected chi connectivity index (χ4v) is 7.76. The second kappa shape index (κ2) is 12.8. The summed E-state index contributed by atoms with van der Waals surface area (Å²) in [5.41, 5.74) is 19.8. The Hall–Kier alpha value is -5.35. The summed E-state index contributed by atoms with van der Waals surface area (Å²) in [4.78, 5) is 14.8. The first-order valence-corrected chi connectivity index (χ1v) is 17.7. The molecule has 0 amide bonds. The minimum Gasteiger partial charge on any atom is -0.310 e. The molecule has 0 N–H and O–H groups in total. The zero-order valence-corrected chi connectivity index (χ0v) is 30.7. The normalized spacial score (nSPS) is 11.4. The van der Waals surface area contributed by atoms with E-state index in [2.05, 4.69) is 116 Å². The van der Waals surface area contributed by atoms with Crippen molar-refractivity contribution in [3.63, 3.8) is 0 Å². The Bertz CT molecular complexity index is 2530. The van der Waals surface area contributed by atoms with Crippen molar-refractivity contribution in [1.82, 2.24) is 19.5 Å². The van der Waals surface area contributed by atoms with E-state index in [1.807, 2.05) is 60.7 Å². The third kappa shape index (κ3) is 5.31. The Morgan fingerprint density at radius 3 is 1.14 bits per heavy atom. The van der Waals surface area contributed by atoms with Crippen LogP contribution in [0.25, 0.3) is 72.8 Å². The highest BCUT2D eigenvalue weighted by molar-refractivity contribution is 6.71. The van der Waals surface area contributed by atoms with Gasteiger partial charge in [-0.3, -0.25) is 0 Å². The fourth-order valence-electron chi connectivity index (χ4n) is 7.76. The number of benzene rings is 6. The predicted molar refractivity (Wildman–Crippen MR) is 241 cm³/mol. The second-order valence-corrected chi connectivity index (χ2v) is 13.9. The molecular formula is C39H34B8N4. The van der Waals surface area contributed by atoms with E-state index in [0.717, 1.165) is 22.3 Å². The largest absolute Gasteiger partial charge is 0.310 e. The van der Waals surface area contributed by atoms with Crippen LogP contribution in [-0.4, -0.2) is 82.3 Å². The molecule has 234 valence electrons. The fraction of sp³-hybridized carbons (Fsp3) is 0. The van der Waals surface area contributed by atoms with Crippen LogP contribution in [0.4, 0.5) is 0 Å². The Morgan fingerprint density at radius 1 is 0.333 bits per heavy atom. The van der Waals surface area contributed by atoms with Crippen LogP contribution in [0.3, 0.4) is 0 Å². The minimum absolute atomic E-state index is 0.652. The summed E-state index contributed by atoms with van der Waals surface area (Å²) < 4.78 is 2.56. The third-order valence-electron chi connectivity index (χ3n) is 11.3. The first-order valence-electron chi connectivity index (χ1n) is 17.7. The molecule has 0 bridgehead atoms. The molecule has 0 radical (unpaired) electrons. The molecule has 0 aliphatic heterocycles. The maximum atomic E-state index is 4.97. The van der Waals surface area contributed by atoms with Crippen molar-refractivity contribution in [3.8, 4) is 51.0 Å². The number of fused-ring (bicyclic) bond motifs is 3. The van der Waals surface area contributed by atoms with Crippen LogP contribution in [0.2, 0.25) is 0 Å². The number of para-hydroxylation sites is 1. The average Bonchev–Trinajstić information content (AvgIpc) is 3.54. The van der Waals surface area contributed by atoms with Crippen LogP contribution in [0.5, 0.6) is 0 Å². The third-order valence-corrected chi connectivity index (χ3v) is 11.3. The number of aromatic nitrogens is 4. The van der Waals surface area contributed by atoms with Crippen LogP contribution in [0.15, 0.2) is 109 Å². The van der Waals surface area contributed by atoms with Crippen molar-refractivity contribution >= 4 is 128 Å². The molecule has 0 unspecified atom stereocenters. The molecule has 2 heterocycles.